The maximum Gasteiger partial charge on any atom is 0.354 e. The maximum atomic E-state index is 11.5. The number of carbonyl (C=O) groups is 1. The van der Waals surface area contributed by atoms with Gasteiger partial charge in [-0.05, 0) is 0 Å². The van der Waals surface area contributed by atoms with Crippen LogP contribution in [0.1, 0.15) is 37.1 Å². The minimum Gasteiger partial charge on any atom is -0.477 e. The molecule has 1 aromatic heterocycles. The summed E-state index contributed by atoms with van der Waals surface area (Å²) in [6.07, 6.45) is 0. The first-order chi connectivity index (χ1) is 8.82. The molecule has 0 fully saturated rings. The lowest BCUT2D eigenvalue weighted by Gasteiger charge is -2.17. The smallest absolute Gasteiger partial charge is 0.354 e. The summed E-state index contributed by atoms with van der Waals surface area (Å²) in [7, 11) is 1.75. The monoisotopic (exact) mass is 258 g/mol. The van der Waals surface area contributed by atoms with E-state index in [1.54, 1.807) is 11.6 Å². The molecule has 0 unspecified atom stereocenters. The van der Waals surface area contributed by atoms with Crippen LogP contribution in [0.5, 0.6) is 0 Å². The molecule has 4 nitrogen and oxygen atoms in total. The van der Waals surface area contributed by atoms with Gasteiger partial charge in [0.05, 0.1) is 0 Å². The predicted octanol–water partition coefficient (Wildman–Crippen LogP) is 3.08. The lowest BCUT2D eigenvalue weighted by molar-refractivity contribution is 0.0687. The molecule has 4 heteroatoms. The van der Waals surface area contributed by atoms with Gasteiger partial charge in [0.2, 0.25) is 0 Å². The zero-order valence-corrected chi connectivity index (χ0v) is 11.6. The van der Waals surface area contributed by atoms with Crippen molar-refractivity contribution in [3.05, 3.63) is 41.9 Å². The maximum absolute atomic E-state index is 11.5. The van der Waals surface area contributed by atoms with Gasteiger partial charge in [-0.1, -0.05) is 51.1 Å². The van der Waals surface area contributed by atoms with Gasteiger partial charge < -0.3 is 9.67 Å². The van der Waals surface area contributed by atoms with Crippen LogP contribution in [0.3, 0.4) is 0 Å². The Kier molecular flexibility index (Phi) is 3.18. The number of aromatic nitrogens is 2. The molecular weight excluding hydrogens is 240 g/mol. The van der Waals surface area contributed by atoms with E-state index in [2.05, 4.69) is 4.98 Å². The van der Waals surface area contributed by atoms with Gasteiger partial charge in [0.25, 0.3) is 0 Å². The third-order valence-electron chi connectivity index (χ3n) is 3.02. The van der Waals surface area contributed by atoms with E-state index in [1.165, 1.54) is 0 Å². The number of aromatic carboxylic acids is 1. The van der Waals surface area contributed by atoms with E-state index < -0.39 is 5.97 Å². The van der Waals surface area contributed by atoms with Crippen molar-refractivity contribution in [3.8, 4) is 11.3 Å². The van der Waals surface area contributed by atoms with E-state index in [4.69, 9.17) is 0 Å². The Morgan fingerprint density at radius 3 is 2.26 bits per heavy atom. The largest absolute Gasteiger partial charge is 0.477 e. The third-order valence-corrected chi connectivity index (χ3v) is 3.02. The molecule has 19 heavy (non-hydrogen) atoms. The zero-order chi connectivity index (χ0) is 14.2. The molecule has 0 spiro atoms. The zero-order valence-electron chi connectivity index (χ0n) is 11.6. The highest BCUT2D eigenvalue weighted by Gasteiger charge is 2.27. The summed E-state index contributed by atoms with van der Waals surface area (Å²) in [4.78, 5) is 16.0. The lowest BCUT2D eigenvalue weighted by Crippen LogP contribution is -2.19. The molecule has 0 saturated heterocycles. The highest BCUT2D eigenvalue weighted by atomic mass is 16.4. The minimum atomic E-state index is -0.954. The number of rotatable bonds is 2. The van der Waals surface area contributed by atoms with Crippen molar-refractivity contribution < 1.29 is 9.90 Å². The van der Waals surface area contributed by atoms with Crippen LogP contribution < -0.4 is 0 Å². The number of hydrogen-bond acceptors (Lipinski definition) is 2. The van der Waals surface area contributed by atoms with Gasteiger partial charge in [-0.25, -0.2) is 9.78 Å². The fourth-order valence-electron chi connectivity index (χ4n) is 2.21. The molecule has 100 valence electrons. The topological polar surface area (TPSA) is 55.1 Å². The van der Waals surface area contributed by atoms with E-state index in [0.717, 1.165) is 11.4 Å². The van der Waals surface area contributed by atoms with Gasteiger partial charge in [0.1, 0.15) is 11.5 Å². The summed E-state index contributed by atoms with van der Waals surface area (Å²) in [6, 6.07) is 9.42. The number of nitrogens with zero attached hydrogens (tertiary/aromatic N) is 2. The second-order valence-electron chi connectivity index (χ2n) is 5.61. The van der Waals surface area contributed by atoms with Crippen LogP contribution >= 0.6 is 0 Å². The van der Waals surface area contributed by atoms with Crippen molar-refractivity contribution in [1.29, 1.82) is 0 Å². The first-order valence-electron chi connectivity index (χ1n) is 6.18. The molecule has 0 atom stereocenters. The highest BCUT2D eigenvalue weighted by Crippen LogP contribution is 2.29. The van der Waals surface area contributed by atoms with Crippen LogP contribution in [0.25, 0.3) is 11.3 Å². The van der Waals surface area contributed by atoms with Crippen LogP contribution in [0.15, 0.2) is 30.3 Å². The molecular formula is C15H18N2O2. The summed E-state index contributed by atoms with van der Waals surface area (Å²) in [6.45, 7) is 6.07. The van der Waals surface area contributed by atoms with Crippen LogP contribution in [0.2, 0.25) is 0 Å². The van der Waals surface area contributed by atoms with E-state index in [1.807, 2.05) is 51.1 Å². The lowest BCUT2D eigenvalue weighted by atomic mass is 9.96. The molecule has 0 aliphatic carbocycles. The fourth-order valence-corrected chi connectivity index (χ4v) is 2.21. The molecule has 0 amide bonds. The summed E-state index contributed by atoms with van der Waals surface area (Å²) >= 11 is 0. The Balaban J connectivity index is 2.71. The Labute approximate surface area is 112 Å². The van der Waals surface area contributed by atoms with Crippen LogP contribution in [-0.4, -0.2) is 20.6 Å². The molecule has 1 aromatic carbocycles. The van der Waals surface area contributed by atoms with E-state index >= 15 is 0 Å². The molecule has 0 aliphatic rings. The van der Waals surface area contributed by atoms with Crippen molar-refractivity contribution >= 4 is 5.97 Å². The Morgan fingerprint density at radius 1 is 1.21 bits per heavy atom. The first-order valence-corrected chi connectivity index (χ1v) is 6.18. The van der Waals surface area contributed by atoms with Crippen LogP contribution in [0.4, 0.5) is 0 Å². The number of hydrogen-bond donors (Lipinski definition) is 1. The van der Waals surface area contributed by atoms with Crippen molar-refractivity contribution in [2.75, 3.05) is 0 Å². The average Bonchev–Trinajstić information content (AvgIpc) is 2.68. The molecule has 0 radical (unpaired) electrons. The Bertz CT molecular complexity index is 607. The average molecular weight is 258 g/mol. The highest BCUT2D eigenvalue weighted by molar-refractivity contribution is 5.93. The summed E-state index contributed by atoms with van der Waals surface area (Å²) in [5, 5.41) is 9.43. The van der Waals surface area contributed by atoms with Crippen LogP contribution in [0, 0.1) is 0 Å². The SMILES string of the molecule is Cn1c(C(C)(C)C)nc(-c2ccccc2)c1C(=O)O. The molecule has 1 N–H and O–H groups in total. The van der Waals surface area contributed by atoms with Gasteiger partial charge in [-0.15, -0.1) is 0 Å². The Morgan fingerprint density at radius 2 is 1.79 bits per heavy atom. The van der Waals surface area contributed by atoms with Gasteiger partial charge in [-0.3, -0.25) is 0 Å². The van der Waals surface area contributed by atoms with Crippen molar-refractivity contribution in [3.63, 3.8) is 0 Å². The standard InChI is InChI=1S/C15H18N2O2/c1-15(2,3)14-16-11(10-8-6-5-7-9-10)12(13(18)19)17(14)4/h5-9H,1-4H3,(H,18,19). The van der Waals surface area contributed by atoms with Gasteiger partial charge >= 0.3 is 5.97 Å². The van der Waals surface area contributed by atoms with E-state index in [9.17, 15) is 9.90 Å². The van der Waals surface area contributed by atoms with Crippen molar-refractivity contribution in [2.24, 2.45) is 7.05 Å². The van der Waals surface area contributed by atoms with Gasteiger partial charge in [-0.2, -0.15) is 0 Å². The fraction of sp³-hybridized carbons (Fsp3) is 0.333. The molecule has 0 aliphatic heterocycles. The number of imidazole rings is 1. The van der Waals surface area contributed by atoms with Crippen LogP contribution in [-0.2, 0) is 12.5 Å². The van der Waals surface area contributed by atoms with E-state index in [0.29, 0.717) is 5.69 Å². The summed E-state index contributed by atoms with van der Waals surface area (Å²) in [5.41, 5.74) is 1.38. The molecule has 0 bridgehead atoms. The quantitative estimate of drug-likeness (QED) is 0.900. The van der Waals surface area contributed by atoms with E-state index in [-0.39, 0.29) is 11.1 Å². The number of carboxylic acids is 1. The van der Waals surface area contributed by atoms with Crippen molar-refractivity contribution in [1.82, 2.24) is 9.55 Å². The normalized spacial score (nSPS) is 11.6. The predicted molar refractivity (Wildman–Crippen MR) is 74.3 cm³/mol. The second-order valence-corrected chi connectivity index (χ2v) is 5.61. The molecule has 2 aromatic rings. The van der Waals surface area contributed by atoms with Gasteiger partial charge in [0, 0.05) is 18.0 Å². The van der Waals surface area contributed by atoms with Gasteiger partial charge in [0.15, 0.2) is 5.69 Å². The molecule has 0 saturated carbocycles. The molecule has 2 rings (SSSR count). The summed E-state index contributed by atoms with van der Waals surface area (Å²) < 4.78 is 1.67. The van der Waals surface area contributed by atoms with Crippen molar-refractivity contribution in [2.45, 2.75) is 26.2 Å². The Hall–Kier alpha value is -2.10. The minimum absolute atomic E-state index is 0.202. The first kappa shape index (κ1) is 13.3. The second kappa shape index (κ2) is 4.53. The number of carboxylic acid groups (broad SMARTS) is 1. The number of benzene rings is 1. The molecule has 1 heterocycles. The third kappa shape index (κ3) is 2.38. The summed E-state index contributed by atoms with van der Waals surface area (Å²) in [5.74, 6) is -0.187.